The molecule has 0 unspecified atom stereocenters. The zero-order valence-corrected chi connectivity index (χ0v) is 11.5. The SMILES string of the molecule is CS(=O)(=O)CCNC(=O)c1ccc(Cl)c([N+](=O)[O-])c1. The van der Waals surface area contributed by atoms with Crippen molar-refractivity contribution in [3.63, 3.8) is 0 Å². The van der Waals surface area contributed by atoms with E-state index in [0.29, 0.717) is 0 Å². The van der Waals surface area contributed by atoms with E-state index in [0.717, 1.165) is 12.3 Å². The third-order valence-electron chi connectivity index (χ3n) is 2.16. The number of hydrogen-bond donors (Lipinski definition) is 1. The van der Waals surface area contributed by atoms with Gasteiger partial charge in [-0.25, -0.2) is 8.42 Å². The maximum Gasteiger partial charge on any atom is 0.288 e. The molecule has 0 aliphatic heterocycles. The highest BCUT2D eigenvalue weighted by Gasteiger charge is 2.16. The molecule has 0 aliphatic rings. The lowest BCUT2D eigenvalue weighted by atomic mass is 10.2. The lowest BCUT2D eigenvalue weighted by Gasteiger charge is -2.04. The van der Waals surface area contributed by atoms with E-state index in [4.69, 9.17) is 11.6 Å². The predicted molar refractivity (Wildman–Crippen MR) is 70.2 cm³/mol. The highest BCUT2D eigenvalue weighted by atomic mass is 35.5. The normalized spacial score (nSPS) is 11.1. The number of nitrogens with one attached hydrogen (secondary N) is 1. The molecule has 0 radical (unpaired) electrons. The number of amides is 1. The van der Waals surface area contributed by atoms with E-state index in [1.165, 1.54) is 12.1 Å². The van der Waals surface area contributed by atoms with Crippen LogP contribution in [-0.4, -0.2) is 37.8 Å². The van der Waals surface area contributed by atoms with Gasteiger partial charge in [-0.05, 0) is 12.1 Å². The highest BCUT2D eigenvalue weighted by molar-refractivity contribution is 7.90. The van der Waals surface area contributed by atoms with Gasteiger partial charge >= 0.3 is 0 Å². The Kier molecular flexibility index (Phi) is 4.84. The molecule has 0 saturated carbocycles. The van der Waals surface area contributed by atoms with Crippen LogP contribution in [0.3, 0.4) is 0 Å². The molecular formula is C10H11ClN2O5S. The van der Waals surface area contributed by atoms with E-state index >= 15 is 0 Å². The van der Waals surface area contributed by atoms with Gasteiger partial charge in [-0.15, -0.1) is 0 Å². The van der Waals surface area contributed by atoms with Crippen molar-refractivity contribution < 1.29 is 18.1 Å². The molecule has 9 heteroatoms. The van der Waals surface area contributed by atoms with E-state index in [2.05, 4.69) is 5.32 Å². The summed E-state index contributed by atoms with van der Waals surface area (Å²) in [4.78, 5) is 21.6. The number of hydrogen-bond acceptors (Lipinski definition) is 5. The average molecular weight is 307 g/mol. The molecule has 1 N–H and O–H groups in total. The molecule has 0 aliphatic carbocycles. The molecule has 1 amide bonds. The third kappa shape index (κ3) is 4.84. The molecule has 0 fully saturated rings. The Balaban J connectivity index is 2.78. The second-order valence-electron chi connectivity index (χ2n) is 3.81. The monoisotopic (exact) mass is 306 g/mol. The number of nitro benzene ring substituents is 1. The summed E-state index contributed by atoms with van der Waals surface area (Å²) < 4.78 is 21.8. The molecule has 1 aromatic rings. The van der Waals surface area contributed by atoms with Crippen LogP contribution >= 0.6 is 11.6 Å². The fourth-order valence-corrected chi connectivity index (χ4v) is 1.91. The van der Waals surface area contributed by atoms with E-state index in [1.807, 2.05) is 0 Å². The fraction of sp³-hybridized carbons (Fsp3) is 0.300. The molecule has 0 aromatic heterocycles. The summed E-state index contributed by atoms with van der Waals surface area (Å²) in [5.74, 6) is -0.794. The Morgan fingerprint density at radius 1 is 1.47 bits per heavy atom. The number of carbonyl (C=O) groups excluding carboxylic acids is 1. The number of nitro groups is 1. The zero-order valence-electron chi connectivity index (χ0n) is 9.92. The molecule has 104 valence electrons. The van der Waals surface area contributed by atoms with Gasteiger partial charge in [0.15, 0.2) is 0 Å². The van der Waals surface area contributed by atoms with Crippen LogP contribution in [0.5, 0.6) is 0 Å². The zero-order chi connectivity index (χ0) is 14.6. The lowest BCUT2D eigenvalue weighted by molar-refractivity contribution is -0.384. The van der Waals surface area contributed by atoms with Crippen LogP contribution in [-0.2, 0) is 9.84 Å². The Bertz CT molecular complexity index is 614. The Morgan fingerprint density at radius 2 is 2.11 bits per heavy atom. The van der Waals surface area contributed by atoms with E-state index < -0.39 is 20.7 Å². The van der Waals surface area contributed by atoms with Crippen molar-refractivity contribution in [1.29, 1.82) is 0 Å². The van der Waals surface area contributed by atoms with Gasteiger partial charge in [-0.1, -0.05) is 11.6 Å². The maximum absolute atomic E-state index is 11.6. The third-order valence-corrected chi connectivity index (χ3v) is 3.43. The number of benzene rings is 1. The molecule has 0 spiro atoms. The Hall–Kier alpha value is -1.67. The molecular weight excluding hydrogens is 296 g/mol. The highest BCUT2D eigenvalue weighted by Crippen LogP contribution is 2.24. The van der Waals surface area contributed by atoms with Gasteiger partial charge in [0, 0.05) is 24.4 Å². The van der Waals surface area contributed by atoms with Gasteiger partial charge in [0.2, 0.25) is 0 Å². The summed E-state index contributed by atoms with van der Waals surface area (Å²) in [6.45, 7) is -0.0614. The predicted octanol–water partition coefficient (Wildman–Crippen LogP) is 1.02. The van der Waals surface area contributed by atoms with Gasteiger partial charge in [-0.2, -0.15) is 0 Å². The maximum atomic E-state index is 11.6. The minimum atomic E-state index is -3.17. The minimum Gasteiger partial charge on any atom is -0.351 e. The summed E-state index contributed by atoms with van der Waals surface area (Å²) in [6.07, 6.45) is 1.05. The molecule has 0 saturated heterocycles. The first-order chi connectivity index (χ1) is 8.70. The molecule has 1 aromatic carbocycles. The Labute approximate surface area is 114 Å². The van der Waals surface area contributed by atoms with Crippen LogP contribution in [0.4, 0.5) is 5.69 Å². The molecule has 0 bridgehead atoms. The van der Waals surface area contributed by atoms with Crippen LogP contribution in [0.25, 0.3) is 0 Å². The van der Waals surface area contributed by atoms with Gasteiger partial charge in [0.25, 0.3) is 11.6 Å². The van der Waals surface area contributed by atoms with Crippen LogP contribution in [0.2, 0.25) is 5.02 Å². The van der Waals surface area contributed by atoms with Gasteiger partial charge in [0.1, 0.15) is 14.9 Å². The van der Waals surface area contributed by atoms with Crippen LogP contribution in [0, 0.1) is 10.1 Å². The first kappa shape index (κ1) is 15.4. The largest absolute Gasteiger partial charge is 0.351 e. The summed E-state index contributed by atoms with van der Waals surface area (Å²) in [5, 5.41) is 12.9. The standard InChI is InChI=1S/C10H11ClN2O5S/c1-19(17,18)5-4-12-10(14)7-2-3-8(11)9(6-7)13(15)16/h2-3,6H,4-5H2,1H3,(H,12,14). The van der Waals surface area contributed by atoms with Crippen molar-refractivity contribution >= 4 is 33.0 Å². The minimum absolute atomic E-state index is 0.0459. The van der Waals surface area contributed by atoms with Crippen molar-refractivity contribution in [3.8, 4) is 0 Å². The van der Waals surface area contributed by atoms with Crippen LogP contribution < -0.4 is 5.32 Å². The van der Waals surface area contributed by atoms with Crippen LogP contribution in [0.15, 0.2) is 18.2 Å². The number of rotatable bonds is 5. The lowest BCUT2D eigenvalue weighted by Crippen LogP contribution is -2.28. The number of carbonyl (C=O) groups is 1. The van der Waals surface area contributed by atoms with Crippen molar-refractivity contribution in [3.05, 3.63) is 38.9 Å². The molecule has 0 heterocycles. The van der Waals surface area contributed by atoms with E-state index in [1.54, 1.807) is 0 Å². The van der Waals surface area contributed by atoms with Crippen molar-refractivity contribution in [2.24, 2.45) is 0 Å². The van der Waals surface area contributed by atoms with Gasteiger partial charge in [0.05, 0.1) is 10.7 Å². The molecule has 7 nitrogen and oxygen atoms in total. The summed E-state index contributed by atoms with van der Waals surface area (Å²) in [6, 6.07) is 3.61. The number of sulfone groups is 1. The van der Waals surface area contributed by atoms with Crippen molar-refractivity contribution in [2.45, 2.75) is 0 Å². The first-order valence-electron chi connectivity index (χ1n) is 5.10. The van der Waals surface area contributed by atoms with Gasteiger partial charge in [-0.3, -0.25) is 14.9 Å². The van der Waals surface area contributed by atoms with Gasteiger partial charge < -0.3 is 5.32 Å². The first-order valence-corrected chi connectivity index (χ1v) is 7.54. The topological polar surface area (TPSA) is 106 Å². The van der Waals surface area contributed by atoms with Crippen molar-refractivity contribution in [1.82, 2.24) is 5.32 Å². The second kappa shape index (κ2) is 5.98. The van der Waals surface area contributed by atoms with E-state index in [-0.39, 0.29) is 28.6 Å². The van der Waals surface area contributed by atoms with E-state index in [9.17, 15) is 23.3 Å². The quantitative estimate of drug-likeness (QED) is 0.645. The summed E-state index contributed by atoms with van der Waals surface area (Å²) in [5.41, 5.74) is -0.331. The van der Waals surface area contributed by atoms with Crippen molar-refractivity contribution in [2.75, 3.05) is 18.6 Å². The molecule has 1 rings (SSSR count). The molecule has 0 atom stereocenters. The van der Waals surface area contributed by atoms with Crippen LogP contribution in [0.1, 0.15) is 10.4 Å². The number of halogens is 1. The number of nitrogens with zero attached hydrogens (tertiary/aromatic N) is 1. The molecule has 19 heavy (non-hydrogen) atoms. The fourth-order valence-electron chi connectivity index (χ4n) is 1.25. The Morgan fingerprint density at radius 3 is 2.63 bits per heavy atom. The average Bonchev–Trinajstić information content (AvgIpc) is 2.27. The summed E-state index contributed by atoms with van der Waals surface area (Å²) in [7, 11) is -3.17. The summed E-state index contributed by atoms with van der Waals surface area (Å²) >= 11 is 5.61. The second-order valence-corrected chi connectivity index (χ2v) is 6.48. The smallest absolute Gasteiger partial charge is 0.288 e.